The zero-order chi connectivity index (χ0) is 20.5. The van der Waals surface area contributed by atoms with Crippen molar-refractivity contribution in [2.24, 2.45) is 0 Å². The van der Waals surface area contributed by atoms with Gasteiger partial charge in [0.15, 0.2) is 0 Å². The summed E-state index contributed by atoms with van der Waals surface area (Å²) in [6.07, 6.45) is 0. The van der Waals surface area contributed by atoms with E-state index in [1.807, 2.05) is 42.5 Å². The van der Waals surface area contributed by atoms with Gasteiger partial charge >= 0.3 is 0 Å². The largest absolute Gasteiger partial charge is 0.455 e. The summed E-state index contributed by atoms with van der Waals surface area (Å²) in [6, 6.07) is 30.9. The lowest BCUT2D eigenvalue weighted by atomic mass is 9.94. The van der Waals surface area contributed by atoms with Crippen molar-refractivity contribution < 1.29 is 8.83 Å². The first-order chi connectivity index (χ1) is 15.3. The van der Waals surface area contributed by atoms with Gasteiger partial charge in [0.05, 0.1) is 5.02 Å². The second kappa shape index (κ2) is 6.13. The van der Waals surface area contributed by atoms with E-state index in [2.05, 4.69) is 48.5 Å². The highest BCUT2D eigenvalue weighted by molar-refractivity contribution is 6.38. The van der Waals surface area contributed by atoms with Crippen LogP contribution in [0.3, 0.4) is 0 Å². The van der Waals surface area contributed by atoms with Crippen LogP contribution in [0.15, 0.2) is 99.8 Å². The summed E-state index contributed by atoms with van der Waals surface area (Å²) in [6.45, 7) is 0. The fraction of sp³-hybridized carbons (Fsp3) is 0. The maximum atomic E-state index is 6.60. The van der Waals surface area contributed by atoms with Crippen molar-refractivity contribution >= 4 is 66.3 Å². The minimum atomic E-state index is 0.694. The van der Waals surface area contributed by atoms with Crippen molar-refractivity contribution in [1.29, 1.82) is 0 Å². The number of rotatable bonds is 1. The summed E-state index contributed by atoms with van der Waals surface area (Å²) >= 11 is 6.60. The van der Waals surface area contributed by atoms with Crippen molar-refractivity contribution in [3.8, 4) is 11.1 Å². The lowest BCUT2D eigenvalue weighted by molar-refractivity contribution is 0.670. The molecule has 0 aliphatic carbocycles. The van der Waals surface area contributed by atoms with Crippen molar-refractivity contribution in [1.82, 2.24) is 0 Å². The molecule has 0 atom stereocenters. The number of hydrogen-bond donors (Lipinski definition) is 0. The molecule has 5 aromatic carbocycles. The molecule has 0 unspecified atom stereocenters. The lowest BCUT2D eigenvalue weighted by Gasteiger charge is -2.09. The number of halogens is 1. The molecule has 0 saturated heterocycles. The minimum absolute atomic E-state index is 0.694. The average molecular weight is 419 g/mol. The topological polar surface area (TPSA) is 26.3 Å². The molecule has 0 spiro atoms. The Kier molecular flexibility index (Phi) is 3.36. The van der Waals surface area contributed by atoms with Crippen LogP contribution in [0, 0.1) is 0 Å². The highest BCUT2D eigenvalue weighted by Gasteiger charge is 2.19. The normalized spacial score (nSPS) is 12.0. The fourth-order valence-electron chi connectivity index (χ4n) is 4.79. The standard InChI is InChI=1S/C28H15ClO2/c29-23-12-6-14-25-26(23)22-15-21(16-7-1-2-9-18(16)28(22)31-25)20-11-5-10-19-17-8-3-4-13-24(17)30-27(19)20/h1-15H. The van der Waals surface area contributed by atoms with Crippen LogP contribution < -0.4 is 0 Å². The van der Waals surface area contributed by atoms with E-state index in [1.54, 1.807) is 0 Å². The second-order valence-electron chi connectivity index (χ2n) is 7.84. The molecular weight excluding hydrogens is 404 g/mol. The number of fused-ring (bicyclic) bond motifs is 8. The number of para-hydroxylation sites is 2. The third-order valence-electron chi connectivity index (χ3n) is 6.15. The van der Waals surface area contributed by atoms with Gasteiger partial charge < -0.3 is 8.83 Å². The van der Waals surface area contributed by atoms with Crippen molar-refractivity contribution in [2.45, 2.75) is 0 Å². The third-order valence-corrected chi connectivity index (χ3v) is 6.46. The third kappa shape index (κ3) is 2.28. The quantitative estimate of drug-likeness (QED) is 0.266. The molecule has 2 nitrogen and oxygen atoms in total. The molecule has 0 amide bonds. The zero-order valence-electron chi connectivity index (χ0n) is 16.4. The number of furan rings is 2. The Morgan fingerprint density at radius 1 is 0.484 bits per heavy atom. The van der Waals surface area contributed by atoms with Gasteiger partial charge in [-0.15, -0.1) is 0 Å². The van der Waals surface area contributed by atoms with Crippen LogP contribution >= 0.6 is 11.6 Å². The van der Waals surface area contributed by atoms with Gasteiger partial charge in [0.2, 0.25) is 0 Å². The number of hydrogen-bond acceptors (Lipinski definition) is 2. The Balaban J connectivity index is 1.69. The molecule has 146 valence electrons. The molecule has 0 aliphatic heterocycles. The van der Waals surface area contributed by atoms with E-state index < -0.39 is 0 Å². The van der Waals surface area contributed by atoms with E-state index in [0.29, 0.717) is 5.02 Å². The average Bonchev–Trinajstić information content (AvgIpc) is 3.38. The van der Waals surface area contributed by atoms with Gasteiger partial charge in [-0.25, -0.2) is 0 Å². The number of benzene rings is 5. The smallest absolute Gasteiger partial charge is 0.143 e. The Labute approximate surface area is 182 Å². The molecule has 7 aromatic rings. The molecular formula is C28H15ClO2. The Hall–Kier alpha value is -3.75. The Bertz CT molecular complexity index is 1800. The van der Waals surface area contributed by atoms with Crippen molar-refractivity contribution in [3.63, 3.8) is 0 Å². The minimum Gasteiger partial charge on any atom is -0.455 e. The molecule has 0 fully saturated rings. The Morgan fingerprint density at radius 2 is 1.13 bits per heavy atom. The van der Waals surface area contributed by atoms with Crippen LogP contribution in [0.2, 0.25) is 5.02 Å². The summed E-state index contributed by atoms with van der Waals surface area (Å²) in [5.74, 6) is 0. The maximum absolute atomic E-state index is 6.60. The summed E-state index contributed by atoms with van der Waals surface area (Å²) in [4.78, 5) is 0. The second-order valence-corrected chi connectivity index (χ2v) is 8.25. The SMILES string of the molecule is Clc1cccc2oc3c4ccccc4c(-c4cccc5c4oc4ccccc45)cc3c12. The van der Waals surface area contributed by atoms with E-state index in [1.165, 1.54) is 0 Å². The molecule has 3 heteroatoms. The highest BCUT2D eigenvalue weighted by atomic mass is 35.5. The summed E-state index contributed by atoms with van der Waals surface area (Å²) in [7, 11) is 0. The summed E-state index contributed by atoms with van der Waals surface area (Å²) in [5.41, 5.74) is 5.62. The first kappa shape index (κ1) is 17.0. The van der Waals surface area contributed by atoms with Crippen LogP contribution in [0.1, 0.15) is 0 Å². The summed E-state index contributed by atoms with van der Waals surface area (Å²) in [5, 5.41) is 7.09. The lowest BCUT2D eigenvalue weighted by Crippen LogP contribution is -1.84. The monoisotopic (exact) mass is 418 g/mol. The van der Waals surface area contributed by atoms with Gasteiger partial charge in [-0.05, 0) is 35.2 Å². The van der Waals surface area contributed by atoms with Crippen LogP contribution in [0.5, 0.6) is 0 Å². The molecule has 7 rings (SSSR count). The predicted molar refractivity (Wildman–Crippen MR) is 129 cm³/mol. The van der Waals surface area contributed by atoms with E-state index in [9.17, 15) is 0 Å². The molecule has 0 saturated carbocycles. The van der Waals surface area contributed by atoms with E-state index in [4.69, 9.17) is 20.4 Å². The van der Waals surface area contributed by atoms with Crippen molar-refractivity contribution in [2.75, 3.05) is 0 Å². The van der Waals surface area contributed by atoms with Gasteiger partial charge in [-0.1, -0.05) is 78.3 Å². The molecule has 0 radical (unpaired) electrons. The Morgan fingerprint density at radius 3 is 2.03 bits per heavy atom. The molecule has 31 heavy (non-hydrogen) atoms. The van der Waals surface area contributed by atoms with Crippen LogP contribution in [-0.2, 0) is 0 Å². The van der Waals surface area contributed by atoms with Gasteiger partial charge in [0.25, 0.3) is 0 Å². The fourth-order valence-corrected chi connectivity index (χ4v) is 5.05. The van der Waals surface area contributed by atoms with Gasteiger partial charge in [-0.2, -0.15) is 0 Å². The van der Waals surface area contributed by atoms with Crippen LogP contribution in [-0.4, -0.2) is 0 Å². The first-order valence-electron chi connectivity index (χ1n) is 10.2. The van der Waals surface area contributed by atoms with E-state index in [0.717, 1.165) is 65.8 Å². The highest BCUT2D eigenvalue weighted by Crippen LogP contribution is 2.44. The van der Waals surface area contributed by atoms with E-state index >= 15 is 0 Å². The van der Waals surface area contributed by atoms with Crippen LogP contribution in [0.4, 0.5) is 0 Å². The molecule has 2 heterocycles. The van der Waals surface area contributed by atoms with Gasteiger partial charge in [0, 0.05) is 32.5 Å². The molecule has 0 bridgehead atoms. The summed E-state index contributed by atoms with van der Waals surface area (Å²) < 4.78 is 12.6. The molecule has 0 N–H and O–H groups in total. The zero-order valence-corrected chi connectivity index (χ0v) is 17.1. The van der Waals surface area contributed by atoms with Crippen molar-refractivity contribution in [3.05, 3.63) is 96.0 Å². The van der Waals surface area contributed by atoms with Crippen LogP contribution in [0.25, 0.3) is 65.8 Å². The van der Waals surface area contributed by atoms with E-state index in [-0.39, 0.29) is 0 Å². The van der Waals surface area contributed by atoms with Gasteiger partial charge in [-0.3, -0.25) is 0 Å². The molecule has 0 aliphatic rings. The first-order valence-corrected chi connectivity index (χ1v) is 10.6. The molecule has 2 aromatic heterocycles. The maximum Gasteiger partial charge on any atom is 0.143 e. The van der Waals surface area contributed by atoms with Gasteiger partial charge in [0.1, 0.15) is 22.3 Å². The predicted octanol–water partition coefficient (Wildman–Crippen LogP) is 8.96.